The lowest BCUT2D eigenvalue weighted by Crippen LogP contribution is -2.53. The van der Waals surface area contributed by atoms with Crippen LogP contribution in [0.1, 0.15) is 58.5 Å². The van der Waals surface area contributed by atoms with Crippen LogP contribution in [0.15, 0.2) is 57.9 Å². The number of nitrogens with one attached hydrogen (secondary N) is 3. The molecule has 2 aromatic carbocycles. The first-order valence-corrected chi connectivity index (χ1v) is 15.4. The molecule has 44 heavy (non-hydrogen) atoms. The molecule has 13 heteroatoms. The van der Waals surface area contributed by atoms with E-state index in [-0.39, 0.29) is 30.3 Å². The van der Waals surface area contributed by atoms with Gasteiger partial charge in [0.15, 0.2) is 6.23 Å². The number of rotatable bonds is 7. The number of halogens is 1. The van der Waals surface area contributed by atoms with Gasteiger partial charge in [0.2, 0.25) is 11.8 Å². The first-order chi connectivity index (χ1) is 21.1. The molecule has 4 atom stereocenters. The number of amides is 3. The van der Waals surface area contributed by atoms with Gasteiger partial charge in [-0.25, -0.2) is 4.68 Å². The Morgan fingerprint density at radius 1 is 1.07 bits per heavy atom. The smallest absolute Gasteiger partial charge is 0.282 e. The lowest BCUT2D eigenvalue weighted by atomic mass is 9.87. The van der Waals surface area contributed by atoms with E-state index in [0.717, 1.165) is 35.7 Å². The normalized spacial score (nSPS) is 23.8. The first kappa shape index (κ1) is 30.0. The van der Waals surface area contributed by atoms with Gasteiger partial charge < -0.3 is 20.6 Å². The molecular formula is C31H34BrN7O5. The average Bonchev–Trinajstić information content (AvgIpc) is 3.25. The van der Waals surface area contributed by atoms with E-state index in [1.54, 1.807) is 31.4 Å². The van der Waals surface area contributed by atoms with Gasteiger partial charge in [-0.3, -0.25) is 29.4 Å². The molecule has 3 aliphatic rings. The molecule has 0 radical (unpaired) electrons. The number of aliphatic hydroxyl groups is 1. The summed E-state index contributed by atoms with van der Waals surface area (Å²) < 4.78 is 1.78. The number of aromatic nitrogens is 2. The third kappa shape index (κ3) is 5.86. The maximum Gasteiger partial charge on any atom is 0.282 e. The number of hydrogen-bond donors (Lipinski definition) is 4. The van der Waals surface area contributed by atoms with E-state index in [1.807, 2.05) is 0 Å². The molecule has 6 rings (SSSR count). The molecule has 4 N–H and O–H groups in total. The quantitative estimate of drug-likeness (QED) is 0.279. The molecule has 3 aromatic rings. The fourth-order valence-electron chi connectivity index (χ4n) is 6.35. The van der Waals surface area contributed by atoms with Crippen molar-refractivity contribution < 1.29 is 19.5 Å². The number of likely N-dealkylation sites (tertiary alicyclic amines) is 1. The Hall–Kier alpha value is -4.07. The van der Waals surface area contributed by atoms with Crippen molar-refractivity contribution in [2.24, 2.45) is 7.05 Å². The zero-order valence-corrected chi connectivity index (χ0v) is 26.0. The van der Waals surface area contributed by atoms with E-state index in [0.29, 0.717) is 33.7 Å². The number of imide groups is 1. The zero-order valence-electron chi connectivity index (χ0n) is 24.4. The topological polar surface area (TPSA) is 149 Å². The van der Waals surface area contributed by atoms with Gasteiger partial charge in [0.25, 0.3) is 11.5 Å². The highest BCUT2D eigenvalue weighted by Gasteiger charge is 2.44. The van der Waals surface area contributed by atoms with Crippen molar-refractivity contribution in [1.82, 2.24) is 24.9 Å². The number of aliphatic hydroxyl groups excluding tert-OH is 1. The minimum absolute atomic E-state index is 0.121. The van der Waals surface area contributed by atoms with E-state index in [9.17, 15) is 24.3 Å². The summed E-state index contributed by atoms with van der Waals surface area (Å²) in [6.07, 6.45) is 1.62. The molecule has 230 valence electrons. The van der Waals surface area contributed by atoms with Crippen LogP contribution in [0.2, 0.25) is 0 Å². The number of carbonyl (C=O) groups is 3. The van der Waals surface area contributed by atoms with Crippen molar-refractivity contribution in [3.63, 3.8) is 0 Å². The van der Waals surface area contributed by atoms with Crippen molar-refractivity contribution in [1.29, 1.82) is 0 Å². The molecule has 1 aromatic heterocycles. The van der Waals surface area contributed by atoms with Gasteiger partial charge in [0, 0.05) is 56.0 Å². The average molecular weight is 665 g/mol. The summed E-state index contributed by atoms with van der Waals surface area (Å²) in [4.78, 5) is 52.6. The van der Waals surface area contributed by atoms with Gasteiger partial charge in [-0.15, -0.1) is 0 Å². The van der Waals surface area contributed by atoms with Crippen molar-refractivity contribution in [2.45, 2.75) is 50.0 Å². The van der Waals surface area contributed by atoms with Crippen LogP contribution in [0.5, 0.6) is 0 Å². The molecule has 0 bridgehead atoms. The molecule has 3 amide bonds. The van der Waals surface area contributed by atoms with Crippen LogP contribution in [0.3, 0.4) is 0 Å². The molecule has 12 nitrogen and oxygen atoms in total. The number of likely N-dealkylation sites (N-methyl/N-ethyl adjacent to an activating group) is 1. The fraction of sp³-hybridized carbons (Fsp3) is 0.387. The highest BCUT2D eigenvalue weighted by molar-refractivity contribution is 9.10. The third-order valence-corrected chi connectivity index (χ3v) is 9.39. The minimum Gasteiger partial charge on any atom is -0.381 e. The van der Waals surface area contributed by atoms with Gasteiger partial charge >= 0.3 is 0 Å². The second-order valence-electron chi connectivity index (χ2n) is 11.7. The Morgan fingerprint density at radius 3 is 2.59 bits per heavy atom. The van der Waals surface area contributed by atoms with Crippen LogP contribution >= 0.6 is 15.9 Å². The largest absolute Gasteiger partial charge is 0.381 e. The van der Waals surface area contributed by atoms with Crippen molar-refractivity contribution >= 4 is 45.0 Å². The molecule has 3 aliphatic heterocycles. The number of carbonyl (C=O) groups excluding carboxylic acids is 3. The summed E-state index contributed by atoms with van der Waals surface area (Å²) in [6, 6.07) is 12.9. The zero-order chi connectivity index (χ0) is 31.1. The first-order valence-electron chi connectivity index (χ1n) is 14.6. The predicted octanol–water partition coefficient (Wildman–Crippen LogP) is 2.31. The van der Waals surface area contributed by atoms with Crippen LogP contribution in [-0.4, -0.2) is 74.6 Å². The van der Waals surface area contributed by atoms with Crippen LogP contribution in [0, 0.1) is 0 Å². The van der Waals surface area contributed by atoms with Crippen LogP contribution in [0.25, 0.3) is 0 Å². The minimum atomic E-state index is -1.26. The molecule has 0 spiro atoms. The fourth-order valence-corrected chi connectivity index (χ4v) is 6.82. The summed E-state index contributed by atoms with van der Waals surface area (Å²) in [5.41, 5.74) is 4.35. The Kier molecular flexibility index (Phi) is 8.27. The number of piperidine rings is 2. The SMILES string of the molecule is CN1C[C@H](Nc2cnn(C)c(=O)c2Br)C[C@H](c2ccc(CNc3ccc4c(c3)C(O)N(C3CCC(=O)NC3=O)C4=O)cc2)C1. The highest BCUT2D eigenvalue weighted by Crippen LogP contribution is 2.37. The summed E-state index contributed by atoms with van der Waals surface area (Å²) in [5, 5.41) is 24.2. The van der Waals surface area contributed by atoms with Gasteiger partial charge in [-0.05, 0) is 71.1 Å². The van der Waals surface area contributed by atoms with Crippen molar-refractivity contribution in [3.05, 3.63) is 85.7 Å². The maximum absolute atomic E-state index is 13.0. The number of aryl methyl sites for hydroxylation is 1. The van der Waals surface area contributed by atoms with Gasteiger partial charge in [0.1, 0.15) is 10.5 Å². The van der Waals surface area contributed by atoms with Crippen molar-refractivity contribution in [2.75, 3.05) is 30.8 Å². The molecule has 2 saturated heterocycles. The molecule has 0 saturated carbocycles. The van der Waals surface area contributed by atoms with E-state index in [1.165, 1.54) is 10.2 Å². The van der Waals surface area contributed by atoms with Crippen molar-refractivity contribution in [3.8, 4) is 0 Å². The lowest BCUT2D eigenvalue weighted by Gasteiger charge is -2.37. The van der Waals surface area contributed by atoms with E-state index < -0.39 is 24.1 Å². The molecule has 2 unspecified atom stereocenters. The Labute approximate surface area is 262 Å². The third-order valence-electron chi connectivity index (χ3n) is 8.62. The number of benzene rings is 2. The standard InChI is InChI=1S/C31H34BrN7O5/c1-37-15-19(11-21(16-37)35-24-14-34-38(2)31(44)27(24)32)18-5-3-17(4-6-18)13-33-20-7-8-22-23(12-20)30(43)39(29(22)42)25-9-10-26(40)36-28(25)41/h3-8,12,14,19,21,25,30,33,35,43H,9-11,13,15-16H2,1-2H3,(H,36,40,41)/t19-,21+,25?,30?/m0/s1. The highest BCUT2D eigenvalue weighted by atomic mass is 79.9. The Morgan fingerprint density at radius 2 is 1.84 bits per heavy atom. The summed E-state index contributed by atoms with van der Waals surface area (Å²) in [5.74, 6) is -1.05. The summed E-state index contributed by atoms with van der Waals surface area (Å²) in [7, 11) is 3.72. The number of anilines is 2. The van der Waals surface area contributed by atoms with E-state index in [2.05, 4.69) is 73.2 Å². The van der Waals surface area contributed by atoms with Gasteiger partial charge in [0.05, 0.1) is 11.9 Å². The molecule has 2 fully saturated rings. The molecule has 4 heterocycles. The number of hydrogen-bond acceptors (Lipinski definition) is 9. The van der Waals surface area contributed by atoms with Crippen LogP contribution in [-0.2, 0) is 23.2 Å². The summed E-state index contributed by atoms with van der Waals surface area (Å²) >= 11 is 3.41. The number of nitrogens with zero attached hydrogens (tertiary/aromatic N) is 4. The summed E-state index contributed by atoms with van der Waals surface area (Å²) in [6.45, 7) is 2.32. The monoisotopic (exact) mass is 663 g/mol. The second kappa shape index (κ2) is 12.1. The van der Waals surface area contributed by atoms with Crippen LogP contribution in [0.4, 0.5) is 11.4 Å². The Bertz CT molecular complexity index is 1680. The van der Waals surface area contributed by atoms with Gasteiger partial charge in [-0.2, -0.15) is 5.10 Å². The van der Waals surface area contributed by atoms with Crippen LogP contribution < -0.4 is 21.5 Å². The number of fused-ring (bicyclic) bond motifs is 1. The lowest BCUT2D eigenvalue weighted by molar-refractivity contribution is -0.139. The molecule has 0 aliphatic carbocycles. The maximum atomic E-state index is 13.0. The van der Waals surface area contributed by atoms with E-state index in [4.69, 9.17) is 0 Å². The Balaban J connectivity index is 1.08. The van der Waals surface area contributed by atoms with E-state index >= 15 is 0 Å². The second-order valence-corrected chi connectivity index (χ2v) is 12.5. The molecular weight excluding hydrogens is 630 g/mol. The van der Waals surface area contributed by atoms with Gasteiger partial charge in [-0.1, -0.05) is 24.3 Å². The predicted molar refractivity (Wildman–Crippen MR) is 167 cm³/mol.